The van der Waals surface area contributed by atoms with E-state index >= 15 is 0 Å². The van der Waals surface area contributed by atoms with Gasteiger partial charge in [0.1, 0.15) is 5.82 Å². The third kappa shape index (κ3) is 15.2. The van der Waals surface area contributed by atoms with Crippen LogP contribution in [0.1, 0.15) is 163 Å². The summed E-state index contributed by atoms with van der Waals surface area (Å²) >= 11 is 0. The van der Waals surface area contributed by atoms with Crippen molar-refractivity contribution in [2.45, 2.75) is 158 Å². The van der Waals surface area contributed by atoms with Crippen LogP contribution in [0.25, 0.3) is 0 Å². The average Bonchev–Trinajstić information content (AvgIpc) is 3.07. The molecule has 1 N–H and O–H groups in total. The lowest BCUT2D eigenvalue weighted by molar-refractivity contribution is 0.112. The van der Waals surface area contributed by atoms with Crippen LogP contribution in [0.5, 0.6) is 0 Å². The van der Waals surface area contributed by atoms with Gasteiger partial charge in [-0.2, -0.15) is 0 Å². The number of halogens is 1. The molecule has 5 unspecified atom stereocenters. The van der Waals surface area contributed by atoms with Crippen molar-refractivity contribution in [3.05, 3.63) is 58.2 Å². The highest BCUT2D eigenvalue weighted by Gasteiger charge is 2.23. The predicted octanol–water partition coefficient (Wildman–Crippen LogP) is 12.2. The molecule has 47 heavy (non-hydrogen) atoms. The first-order chi connectivity index (χ1) is 22.5. The predicted molar refractivity (Wildman–Crippen MR) is 206 cm³/mol. The van der Waals surface area contributed by atoms with E-state index in [4.69, 9.17) is 14.7 Å². The van der Waals surface area contributed by atoms with Crippen LogP contribution in [0, 0.1) is 23.6 Å². The molecule has 4 nitrogen and oxygen atoms in total. The van der Waals surface area contributed by atoms with E-state index in [1.165, 1.54) is 17.7 Å². The van der Waals surface area contributed by atoms with Crippen LogP contribution in [0.3, 0.4) is 0 Å². The van der Waals surface area contributed by atoms with Crippen molar-refractivity contribution in [1.29, 1.82) is 0 Å². The summed E-state index contributed by atoms with van der Waals surface area (Å²) in [6.07, 6.45) is 15.3. The standard InChI is InChI=1S/C42H72FN3O/c1-13-17-20-41(47-28-27-34(9)44-11)40(19-15-3)46-35(10)33(8)22-21-31(6)32(7)23-24-36(18-14-2)42(45-12)38-26-25-37(43)29-39(38)30(5)16-4/h25-27,29-32,36,41,44H,13-24,28H2,1-12H3/b34-27+,35-33+,45-42?,46-40?. The summed E-state index contributed by atoms with van der Waals surface area (Å²) < 4.78 is 20.7. The van der Waals surface area contributed by atoms with Gasteiger partial charge in [-0.3, -0.25) is 9.98 Å². The van der Waals surface area contributed by atoms with E-state index in [0.717, 1.165) is 98.9 Å². The number of unbranched alkanes of at least 4 members (excludes halogenated alkanes) is 1. The van der Waals surface area contributed by atoms with Crippen LogP contribution in [0.2, 0.25) is 0 Å². The van der Waals surface area contributed by atoms with Crippen LogP contribution in [0.15, 0.2) is 51.2 Å². The fourth-order valence-electron chi connectivity index (χ4n) is 6.32. The van der Waals surface area contributed by atoms with Gasteiger partial charge in [0.05, 0.1) is 12.7 Å². The molecule has 0 radical (unpaired) electrons. The first-order valence-electron chi connectivity index (χ1n) is 18.9. The molecule has 268 valence electrons. The highest BCUT2D eigenvalue weighted by Crippen LogP contribution is 2.32. The van der Waals surface area contributed by atoms with Gasteiger partial charge >= 0.3 is 0 Å². The van der Waals surface area contributed by atoms with Gasteiger partial charge in [0.25, 0.3) is 0 Å². The van der Waals surface area contributed by atoms with E-state index in [1.54, 1.807) is 12.1 Å². The van der Waals surface area contributed by atoms with Gasteiger partial charge in [0.15, 0.2) is 0 Å². The molecule has 0 saturated carbocycles. The van der Waals surface area contributed by atoms with Gasteiger partial charge in [-0.05, 0) is 125 Å². The summed E-state index contributed by atoms with van der Waals surface area (Å²) in [5.74, 6) is 1.77. The first-order valence-corrected chi connectivity index (χ1v) is 18.9. The molecule has 0 aromatic heterocycles. The molecule has 0 bridgehead atoms. The summed E-state index contributed by atoms with van der Waals surface area (Å²) in [5.41, 5.74) is 8.27. The quantitative estimate of drug-likeness (QED) is 0.113. The first kappa shape index (κ1) is 42.8. The minimum Gasteiger partial charge on any atom is -0.392 e. The second-order valence-electron chi connectivity index (χ2n) is 14.0. The monoisotopic (exact) mass is 654 g/mol. The van der Waals surface area contributed by atoms with Gasteiger partial charge < -0.3 is 10.1 Å². The van der Waals surface area contributed by atoms with E-state index in [2.05, 4.69) is 80.6 Å². The van der Waals surface area contributed by atoms with E-state index < -0.39 is 0 Å². The van der Waals surface area contributed by atoms with Gasteiger partial charge in [-0.1, -0.05) is 79.7 Å². The van der Waals surface area contributed by atoms with Gasteiger partial charge in [-0.15, -0.1) is 0 Å². The molecule has 0 fully saturated rings. The summed E-state index contributed by atoms with van der Waals surface area (Å²) in [6, 6.07) is 5.31. The van der Waals surface area contributed by atoms with Gasteiger partial charge in [0.2, 0.25) is 0 Å². The smallest absolute Gasteiger partial charge is 0.123 e. The molecular weight excluding hydrogens is 581 g/mol. The lowest BCUT2D eigenvalue weighted by Gasteiger charge is -2.26. The van der Waals surface area contributed by atoms with Crippen molar-refractivity contribution in [2.24, 2.45) is 27.7 Å². The number of aliphatic imine (C=N–C) groups is 2. The lowest BCUT2D eigenvalue weighted by atomic mass is 9.80. The van der Waals surface area contributed by atoms with Crippen molar-refractivity contribution in [3.63, 3.8) is 0 Å². The van der Waals surface area contributed by atoms with Crippen LogP contribution in [0.4, 0.5) is 4.39 Å². The topological polar surface area (TPSA) is 46.0 Å². The molecular formula is C42H72FN3O. The maximum absolute atomic E-state index is 14.3. The Bertz CT molecular complexity index is 1150. The molecule has 0 spiro atoms. The number of hydrogen-bond donors (Lipinski definition) is 1. The second-order valence-corrected chi connectivity index (χ2v) is 14.0. The molecule has 0 heterocycles. The van der Waals surface area contributed by atoms with Crippen molar-refractivity contribution in [2.75, 3.05) is 20.7 Å². The number of ether oxygens (including phenoxy) is 1. The van der Waals surface area contributed by atoms with Gasteiger partial charge in [0, 0.05) is 42.8 Å². The minimum atomic E-state index is -0.154. The second kappa shape index (κ2) is 24.0. The number of nitrogens with one attached hydrogen (secondary N) is 1. The van der Waals surface area contributed by atoms with E-state index in [-0.39, 0.29) is 11.9 Å². The number of hydrogen-bond acceptors (Lipinski definition) is 4. The number of allylic oxidation sites excluding steroid dienone is 3. The molecule has 5 atom stereocenters. The number of benzene rings is 1. The molecule has 0 aliphatic carbocycles. The Labute approximate surface area is 290 Å². The van der Waals surface area contributed by atoms with Crippen molar-refractivity contribution < 1.29 is 9.13 Å². The maximum Gasteiger partial charge on any atom is 0.123 e. The molecule has 0 aliphatic heterocycles. The van der Waals surface area contributed by atoms with E-state index in [9.17, 15) is 4.39 Å². The Balaban J connectivity index is 3.00. The lowest BCUT2D eigenvalue weighted by Crippen LogP contribution is -2.25. The Morgan fingerprint density at radius 3 is 2.19 bits per heavy atom. The molecule has 0 aliphatic rings. The Kier molecular flexibility index (Phi) is 21.8. The molecule has 1 aromatic rings. The summed E-state index contributed by atoms with van der Waals surface area (Å²) in [7, 11) is 3.86. The largest absolute Gasteiger partial charge is 0.392 e. The van der Waals surface area contributed by atoms with Crippen LogP contribution < -0.4 is 5.32 Å². The minimum absolute atomic E-state index is 0.0706. The van der Waals surface area contributed by atoms with Crippen molar-refractivity contribution in [3.8, 4) is 0 Å². The molecule has 1 rings (SSSR count). The van der Waals surface area contributed by atoms with E-state index in [1.807, 2.05) is 20.2 Å². The van der Waals surface area contributed by atoms with Crippen LogP contribution in [-0.2, 0) is 4.74 Å². The highest BCUT2D eigenvalue weighted by atomic mass is 19.1. The maximum atomic E-state index is 14.3. The third-order valence-corrected chi connectivity index (χ3v) is 10.3. The van der Waals surface area contributed by atoms with E-state index in [0.29, 0.717) is 30.3 Å². The zero-order chi connectivity index (χ0) is 35.4. The number of nitrogens with zero attached hydrogens (tertiary/aromatic N) is 2. The fourth-order valence-corrected chi connectivity index (χ4v) is 6.32. The molecule has 5 heteroatoms. The average molecular weight is 654 g/mol. The summed E-state index contributed by atoms with van der Waals surface area (Å²) in [4.78, 5) is 10.1. The Hall–Kier alpha value is -2.27. The Morgan fingerprint density at radius 2 is 1.60 bits per heavy atom. The highest BCUT2D eigenvalue weighted by molar-refractivity contribution is 6.03. The normalized spacial score (nSPS) is 16.8. The van der Waals surface area contributed by atoms with Crippen molar-refractivity contribution >= 4 is 11.4 Å². The third-order valence-electron chi connectivity index (χ3n) is 10.3. The van der Waals surface area contributed by atoms with Crippen LogP contribution in [-0.4, -0.2) is 38.2 Å². The summed E-state index contributed by atoms with van der Waals surface area (Å²) in [6.45, 7) is 23.1. The molecule has 0 amide bonds. The number of rotatable bonds is 24. The Morgan fingerprint density at radius 1 is 0.894 bits per heavy atom. The molecule has 0 saturated heterocycles. The van der Waals surface area contributed by atoms with Gasteiger partial charge in [-0.25, -0.2) is 4.39 Å². The zero-order valence-electron chi connectivity index (χ0n) is 32.6. The fraction of sp³-hybridized carbons (Fsp3) is 0.714. The molecule has 1 aromatic carbocycles. The SMILES string of the molecule is CCCCC(OC/C=C(\C)NC)C(CCC)=N/C(C)=C(\C)CCC(C)C(C)CCC(CCC)C(=NC)c1ccc(F)cc1C(C)CC. The zero-order valence-corrected chi connectivity index (χ0v) is 32.6. The van der Waals surface area contributed by atoms with Crippen molar-refractivity contribution in [1.82, 2.24) is 5.32 Å². The summed E-state index contributed by atoms with van der Waals surface area (Å²) in [5, 5.41) is 3.18. The van der Waals surface area contributed by atoms with Crippen LogP contribution >= 0.6 is 0 Å².